The molecule has 0 bridgehead atoms. The summed E-state index contributed by atoms with van der Waals surface area (Å²) in [6, 6.07) is 4.17. The molecule has 1 saturated heterocycles. The molecule has 10 nitrogen and oxygen atoms in total. The van der Waals surface area contributed by atoms with Crippen LogP contribution in [0.4, 0.5) is 10.7 Å². The van der Waals surface area contributed by atoms with Crippen molar-refractivity contribution in [1.29, 1.82) is 0 Å². The smallest absolute Gasteiger partial charge is 0.338 e. The quantitative estimate of drug-likeness (QED) is 0.678. The standard InChI is InChI=1S/C20H24N6O4/c1-2-29-18(27)16-14(23-20(28)24-17(16)15-5-3-12-30-15)13-25-8-10-26(11-9-25)19-21-6-4-7-22-19/h3-7,12,17H,2,8-11,13H2,1H3,(H2,23,24,28)/t17-/m1/s1. The van der Waals surface area contributed by atoms with E-state index < -0.39 is 12.0 Å². The van der Waals surface area contributed by atoms with Crippen molar-refractivity contribution in [2.75, 3.05) is 44.2 Å². The fraction of sp³-hybridized carbons (Fsp3) is 0.400. The molecule has 0 saturated carbocycles. The molecule has 1 fully saturated rings. The van der Waals surface area contributed by atoms with Crippen molar-refractivity contribution in [2.45, 2.75) is 13.0 Å². The third-order valence-corrected chi connectivity index (χ3v) is 5.07. The van der Waals surface area contributed by atoms with Crippen LogP contribution in [0.15, 0.2) is 52.5 Å². The molecule has 2 aromatic rings. The van der Waals surface area contributed by atoms with Crippen molar-refractivity contribution < 1.29 is 18.7 Å². The zero-order valence-corrected chi connectivity index (χ0v) is 16.7. The Balaban J connectivity index is 1.53. The number of ether oxygens (including phenoxy) is 1. The summed E-state index contributed by atoms with van der Waals surface area (Å²) in [5.74, 6) is 0.714. The van der Waals surface area contributed by atoms with Crippen LogP contribution in [0.3, 0.4) is 0 Å². The van der Waals surface area contributed by atoms with Gasteiger partial charge in [-0.15, -0.1) is 0 Å². The van der Waals surface area contributed by atoms with Gasteiger partial charge >= 0.3 is 12.0 Å². The summed E-state index contributed by atoms with van der Waals surface area (Å²) in [5, 5.41) is 5.55. The Labute approximate surface area is 173 Å². The second-order valence-electron chi connectivity index (χ2n) is 6.97. The summed E-state index contributed by atoms with van der Waals surface area (Å²) >= 11 is 0. The molecule has 0 aliphatic carbocycles. The Hall–Kier alpha value is -3.40. The van der Waals surface area contributed by atoms with Gasteiger partial charge < -0.3 is 24.7 Å². The second-order valence-corrected chi connectivity index (χ2v) is 6.97. The number of esters is 1. The van der Waals surface area contributed by atoms with Crippen LogP contribution in [-0.4, -0.2) is 66.2 Å². The average Bonchev–Trinajstić information content (AvgIpc) is 3.29. The molecule has 0 aromatic carbocycles. The number of piperazine rings is 1. The van der Waals surface area contributed by atoms with Crippen molar-refractivity contribution in [3.8, 4) is 0 Å². The highest BCUT2D eigenvalue weighted by atomic mass is 16.5. The van der Waals surface area contributed by atoms with Gasteiger partial charge in [0.15, 0.2) is 0 Å². The van der Waals surface area contributed by atoms with Crippen molar-refractivity contribution >= 4 is 17.9 Å². The number of amides is 2. The van der Waals surface area contributed by atoms with E-state index in [1.807, 2.05) is 0 Å². The van der Waals surface area contributed by atoms with Gasteiger partial charge in [-0.2, -0.15) is 0 Å². The molecule has 10 heteroatoms. The molecule has 2 aliphatic heterocycles. The summed E-state index contributed by atoms with van der Waals surface area (Å²) in [4.78, 5) is 37.9. The van der Waals surface area contributed by atoms with E-state index in [0.717, 1.165) is 26.2 Å². The average molecular weight is 412 g/mol. The number of anilines is 1. The Morgan fingerprint density at radius 2 is 2.00 bits per heavy atom. The highest BCUT2D eigenvalue weighted by Gasteiger charge is 2.36. The van der Waals surface area contributed by atoms with Gasteiger partial charge in [0.25, 0.3) is 0 Å². The summed E-state index contributed by atoms with van der Waals surface area (Å²) in [6.45, 7) is 5.39. The van der Waals surface area contributed by atoms with Crippen LogP contribution in [0.2, 0.25) is 0 Å². The number of carbonyl (C=O) groups is 2. The Morgan fingerprint density at radius 1 is 1.23 bits per heavy atom. The first-order chi connectivity index (χ1) is 14.7. The van der Waals surface area contributed by atoms with Gasteiger partial charge in [0.1, 0.15) is 11.8 Å². The fourth-order valence-electron chi connectivity index (χ4n) is 3.65. The van der Waals surface area contributed by atoms with Crippen molar-refractivity contribution in [3.63, 3.8) is 0 Å². The molecule has 0 unspecified atom stereocenters. The normalized spacial score (nSPS) is 20.0. The lowest BCUT2D eigenvalue weighted by atomic mass is 9.99. The number of nitrogens with one attached hydrogen (secondary N) is 2. The van der Waals surface area contributed by atoms with Gasteiger partial charge in [0, 0.05) is 50.8 Å². The lowest BCUT2D eigenvalue weighted by molar-refractivity contribution is -0.139. The van der Waals surface area contributed by atoms with E-state index in [0.29, 0.717) is 29.5 Å². The highest BCUT2D eigenvalue weighted by molar-refractivity contribution is 5.95. The summed E-state index contributed by atoms with van der Waals surface area (Å²) in [6.07, 6.45) is 4.96. The number of urea groups is 1. The molecule has 1 atom stereocenters. The molecule has 4 heterocycles. The summed E-state index contributed by atoms with van der Waals surface area (Å²) < 4.78 is 10.7. The molecule has 2 aliphatic rings. The topological polar surface area (TPSA) is 113 Å². The molecule has 0 radical (unpaired) electrons. The number of hydrogen-bond acceptors (Lipinski definition) is 8. The third-order valence-electron chi connectivity index (χ3n) is 5.07. The molecular formula is C20H24N6O4. The number of carbonyl (C=O) groups excluding carboxylic acids is 2. The molecule has 4 rings (SSSR count). The molecular weight excluding hydrogens is 388 g/mol. The van der Waals surface area contributed by atoms with Crippen LogP contribution in [-0.2, 0) is 9.53 Å². The first-order valence-electron chi connectivity index (χ1n) is 9.91. The number of hydrogen-bond donors (Lipinski definition) is 2. The minimum atomic E-state index is -0.693. The van der Waals surface area contributed by atoms with Crippen molar-refractivity contribution in [3.05, 3.63) is 53.9 Å². The molecule has 2 amide bonds. The minimum absolute atomic E-state index is 0.240. The van der Waals surface area contributed by atoms with Crippen LogP contribution in [0.1, 0.15) is 18.7 Å². The SMILES string of the molecule is CCOC(=O)C1=C(CN2CCN(c3ncccn3)CC2)NC(=O)N[C@@H]1c1ccco1. The second kappa shape index (κ2) is 8.95. The van der Waals surface area contributed by atoms with Gasteiger partial charge in [0.05, 0.1) is 18.4 Å². The van der Waals surface area contributed by atoms with Crippen LogP contribution < -0.4 is 15.5 Å². The van der Waals surface area contributed by atoms with Crippen LogP contribution in [0, 0.1) is 0 Å². The lowest BCUT2D eigenvalue weighted by Gasteiger charge is -2.36. The number of nitrogens with zero attached hydrogens (tertiary/aromatic N) is 4. The molecule has 2 N–H and O–H groups in total. The molecule has 158 valence electrons. The molecule has 2 aromatic heterocycles. The maximum atomic E-state index is 12.7. The van der Waals surface area contributed by atoms with E-state index in [4.69, 9.17) is 9.15 Å². The van der Waals surface area contributed by atoms with Gasteiger partial charge in [-0.1, -0.05) is 0 Å². The summed E-state index contributed by atoms with van der Waals surface area (Å²) in [7, 11) is 0. The first-order valence-corrected chi connectivity index (χ1v) is 9.91. The zero-order valence-electron chi connectivity index (χ0n) is 16.7. The Kier molecular flexibility index (Phi) is 5.94. The zero-order chi connectivity index (χ0) is 20.9. The van der Waals surface area contributed by atoms with E-state index >= 15 is 0 Å². The third kappa shape index (κ3) is 4.28. The first kappa shape index (κ1) is 19.9. The van der Waals surface area contributed by atoms with E-state index in [-0.39, 0.29) is 12.6 Å². The van der Waals surface area contributed by atoms with Crippen molar-refractivity contribution in [2.24, 2.45) is 0 Å². The monoisotopic (exact) mass is 412 g/mol. The fourth-order valence-corrected chi connectivity index (χ4v) is 3.65. The van der Waals surface area contributed by atoms with E-state index in [9.17, 15) is 9.59 Å². The van der Waals surface area contributed by atoms with Crippen LogP contribution in [0.5, 0.6) is 0 Å². The van der Waals surface area contributed by atoms with E-state index in [1.54, 1.807) is 37.5 Å². The maximum Gasteiger partial charge on any atom is 0.338 e. The Morgan fingerprint density at radius 3 is 2.67 bits per heavy atom. The van der Waals surface area contributed by atoms with E-state index in [1.165, 1.54) is 6.26 Å². The molecule has 0 spiro atoms. The highest BCUT2D eigenvalue weighted by Crippen LogP contribution is 2.28. The van der Waals surface area contributed by atoms with E-state index in [2.05, 4.69) is 30.4 Å². The predicted molar refractivity (Wildman–Crippen MR) is 107 cm³/mol. The van der Waals surface area contributed by atoms with Gasteiger partial charge in [0.2, 0.25) is 5.95 Å². The van der Waals surface area contributed by atoms with Crippen LogP contribution in [0.25, 0.3) is 0 Å². The lowest BCUT2D eigenvalue weighted by Crippen LogP contribution is -2.52. The maximum absolute atomic E-state index is 12.7. The van der Waals surface area contributed by atoms with Gasteiger partial charge in [-0.3, -0.25) is 4.90 Å². The number of rotatable bonds is 6. The van der Waals surface area contributed by atoms with Gasteiger partial charge in [-0.05, 0) is 25.1 Å². The Bertz CT molecular complexity index is 907. The van der Waals surface area contributed by atoms with Crippen molar-refractivity contribution in [1.82, 2.24) is 25.5 Å². The number of furan rings is 1. The predicted octanol–water partition coefficient (Wildman–Crippen LogP) is 1.06. The summed E-state index contributed by atoms with van der Waals surface area (Å²) in [5.41, 5.74) is 0.892. The number of aromatic nitrogens is 2. The molecule has 30 heavy (non-hydrogen) atoms. The van der Waals surface area contributed by atoms with Gasteiger partial charge in [-0.25, -0.2) is 19.6 Å². The van der Waals surface area contributed by atoms with Crippen LogP contribution >= 0.6 is 0 Å². The largest absolute Gasteiger partial charge is 0.467 e. The minimum Gasteiger partial charge on any atom is -0.467 e.